The van der Waals surface area contributed by atoms with Crippen molar-refractivity contribution in [3.8, 4) is 5.75 Å². The minimum atomic E-state index is -0.779. The van der Waals surface area contributed by atoms with Crippen molar-refractivity contribution < 1.29 is 13.9 Å². The summed E-state index contributed by atoms with van der Waals surface area (Å²) in [5.41, 5.74) is 5.18. The summed E-state index contributed by atoms with van der Waals surface area (Å²) in [6.07, 6.45) is 4.53. The summed E-state index contributed by atoms with van der Waals surface area (Å²) in [5.74, 6) is 0.0946. The van der Waals surface area contributed by atoms with Gasteiger partial charge in [-0.15, -0.1) is 0 Å². The summed E-state index contributed by atoms with van der Waals surface area (Å²) in [7, 11) is 0. The van der Waals surface area contributed by atoms with Crippen LogP contribution in [0.3, 0.4) is 0 Å². The number of furan rings is 1. The second-order valence-electron chi connectivity index (χ2n) is 7.79. The zero-order valence-corrected chi connectivity index (χ0v) is 19.7. The van der Waals surface area contributed by atoms with Gasteiger partial charge < -0.3 is 14.9 Å². The third-order valence-electron chi connectivity index (χ3n) is 5.44. The number of ether oxygens (including phenoxy) is 1. The fourth-order valence-electron chi connectivity index (χ4n) is 3.67. The number of aromatic nitrogens is 3. The van der Waals surface area contributed by atoms with E-state index in [-0.39, 0.29) is 18.1 Å². The molecule has 0 radical (unpaired) electrons. The monoisotopic (exact) mass is 497 g/mol. The van der Waals surface area contributed by atoms with Gasteiger partial charge in [-0.1, -0.05) is 24.9 Å². The number of halogens is 1. The van der Waals surface area contributed by atoms with Gasteiger partial charge in [0.1, 0.15) is 22.8 Å². The third kappa shape index (κ3) is 5.07. The SMILES string of the molecule is CCCCn1c(N)c(N(Cc2ccco2)C(=O)COc2ccc(Cl)c3cccnc23)c(=O)[nH]c1=O. The number of fused-ring (bicyclic) bond motifs is 1. The summed E-state index contributed by atoms with van der Waals surface area (Å²) in [4.78, 5) is 46.3. The van der Waals surface area contributed by atoms with Crippen molar-refractivity contribution in [3.05, 3.63) is 80.5 Å². The summed E-state index contributed by atoms with van der Waals surface area (Å²) in [6, 6.07) is 10.1. The molecule has 35 heavy (non-hydrogen) atoms. The van der Waals surface area contributed by atoms with Crippen molar-refractivity contribution in [1.82, 2.24) is 14.5 Å². The molecule has 4 rings (SSSR count). The number of rotatable bonds is 9. The number of nitrogens with two attached hydrogens (primary N) is 1. The van der Waals surface area contributed by atoms with Crippen LogP contribution < -0.4 is 26.6 Å². The molecule has 0 atom stereocenters. The van der Waals surface area contributed by atoms with Gasteiger partial charge in [0.05, 0.1) is 17.8 Å². The van der Waals surface area contributed by atoms with E-state index in [1.807, 2.05) is 6.92 Å². The van der Waals surface area contributed by atoms with Gasteiger partial charge >= 0.3 is 5.69 Å². The molecule has 0 spiro atoms. The van der Waals surface area contributed by atoms with E-state index in [0.29, 0.717) is 40.4 Å². The molecule has 4 aromatic rings. The highest BCUT2D eigenvalue weighted by Gasteiger charge is 2.26. The average molecular weight is 498 g/mol. The molecule has 11 heteroatoms. The lowest BCUT2D eigenvalue weighted by molar-refractivity contribution is -0.120. The van der Waals surface area contributed by atoms with Crippen molar-refractivity contribution in [1.29, 1.82) is 0 Å². The molecule has 0 bridgehead atoms. The first-order valence-electron chi connectivity index (χ1n) is 11.0. The number of hydrogen-bond acceptors (Lipinski definition) is 7. The molecule has 10 nitrogen and oxygen atoms in total. The van der Waals surface area contributed by atoms with E-state index in [2.05, 4.69) is 9.97 Å². The molecule has 0 aliphatic heterocycles. The summed E-state index contributed by atoms with van der Waals surface area (Å²) < 4.78 is 12.4. The van der Waals surface area contributed by atoms with Crippen LogP contribution in [-0.4, -0.2) is 27.0 Å². The largest absolute Gasteiger partial charge is 0.481 e. The van der Waals surface area contributed by atoms with Gasteiger partial charge in [0.15, 0.2) is 12.3 Å². The van der Waals surface area contributed by atoms with Crippen molar-refractivity contribution in [2.75, 3.05) is 17.2 Å². The van der Waals surface area contributed by atoms with Gasteiger partial charge in [-0.2, -0.15) is 0 Å². The Labute approximate surface area is 204 Å². The molecule has 1 amide bonds. The van der Waals surface area contributed by atoms with Gasteiger partial charge in [-0.3, -0.25) is 29.0 Å². The maximum absolute atomic E-state index is 13.4. The number of nitrogen functional groups attached to an aromatic ring is 1. The maximum atomic E-state index is 13.4. The number of aromatic amines is 1. The van der Waals surface area contributed by atoms with Crippen LogP contribution in [0.2, 0.25) is 5.02 Å². The first kappa shape index (κ1) is 24.1. The Kier molecular flexibility index (Phi) is 7.21. The van der Waals surface area contributed by atoms with Crippen molar-refractivity contribution in [3.63, 3.8) is 0 Å². The topological polar surface area (TPSA) is 136 Å². The predicted molar refractivity (Wildman–Crippen MR) is 133 cm³/mol. The number of anilines is 2. The van der Waals surface area contributed by atoms with E-state index in [9.17, 15) is 14.4 Å². The lowest BCUT2D eigenvalue weighted by Crippen LogP contribution is -2.42. The molecule has 0 saturated heterocycles. The Morgan fingerprint density at radius 3 is 2.83 bits per heavy atom. The first-order chi connectivity index (χ1) is 16.9. The number of amides is 1. The zero-order chi connectivity index (χ0) is 24.9. The van der Waals surface area contributed by atoms with Crippen LogP contribution >= 0.6 is 11.6 Å². The molecular weight excluding hydrogens is 474 g/mol. The maximum Gasteiger partial charge on any atom is 0.330 e. The van der Waals surface area contributed by atoms with Crippen LogP contribution in [0.25, 0.3) is 10.9 Å². The Bertz CT molecular complexity index is 1460. The minimum absolute atomic E-state index is 0.0892. The number of pyridine rings is 1. The van der Waals surface area contributed by atoms with E-state index in [0.717, 1.165) is 11.3 Å². The van der Waals surface area contributed by atoms with Crippen molar-refractivity contribution >= 4 is 39.9 Å². The van der Waals surface area contributed by atoms with E-state index in [1.54, 1.807) is 42.6 Å². The zero-order valence-electron chi connectivity index (χ0n) is 19.0. The summed E-state index contributed by atoms with van der Waals surface area (Å²) in [6.45, 7) is 1.74. The van der Waals surface area contributed by atoms with Crippen molar-refractivity contribution in [2.45, 2.75) is 32.9 Å². The highest BCUT2D eigenvalue weighted by Crippen LogP contribution is 2.30. The Balaban J connectivity index is 1.69. The predicted octanol–water partition coefficient (Wildman–Crippen LogP) is 3.33. The van der Waals surface area contributed by atoms with Crippen LogP contribution in [-0.2, 0) is 17.9 Å². The molecule has 3 N–H and O–H groups in total. The molecular formula is C24H24ClN5O5. The minimum Gasteiger partial charge on any atom is -0.481 e. The number of H-pyrrole nitrogens is 1. The van der Waals surface area contributed by atoms with E-state index in [1.165, 1.54) is 10.8 Å². The van der Waals surface area contributed by atoms with E-state index < -0.39 is 23.8 Å². The fraction of sp³-hybridized carbons (Fsp3) is 0.250. The number of nitrogens with one attached hydrogen (secondary N) is 1. The Morgan fingerprint density at radius 1 is 1.26 bits per heavy atom. The van der Waals surface area contributed by atoms with Gasteiger partial charge in [0.25, 0.3) is 11.5 Å². The van der Waals surface area contributed by atoms with Crippen LogP contribution in [0.15, 0.2) is 62.9 Å². The van der Waals surface area contributed by atoms with E-state index in [4.69, 9.17) is 26.5 Å². The van der Waals surface area contributed by atoms with Crippen LogP contribution in [0.5, 0.6) is 5.75 Å². The highest BCUT2D eigenvalue weighted by molar-refractivity contribution is 6.35. The smallest absolute Gasteiger partial charge is 0.330 e. The van der Waals surface area contributed by atoms with Crippen molar-refractivity contribution in [2.24, 2.45) is 0 Å². The second kappa shape index (κ2) is 10.5. The third-order valence-corrected chi connectivity index (χ3v) is 5.77. The lowest BCUT2D eigenvalue weighted by Gasteiger charge is -2.24. The quantitative estimate of drug-likeness (QED) is 0.362. The molecule has 0 saturated carbocycles. The van der Waals surface area contributed by atoms with Crippen LogP contribution in [0.4, 0.5) is 11.5 Å². The normalized spacial score (nSPS) is 11.0. The lowest BCUT2D eigenvalue weighted by atomic mass is 10.2. The standard InChI is InChI=1S/C24H24ClN5O5/c1-2-3-11-29-22(26)21(23(32)28-24(29)33)30(13-15-6-5-12-34-15)19(31)14-35-18-9-8-17(25)16-7-4-10-27-20(16)18/h4-10,12H,2-3,11,13-14,26H2,1H3,(H,28,32,33). The van der Waals surface area contributed by atoms with Gasteiger partial charge in [0.2, 0.25) is 0 Å². The molecule has 0 fully saturated rings. The second-order valence-corrected chi connectivity index (χ2v) is 8.20. The van der Waals surface area contributed by atoms with Gasteiger partial charge in [0, 0.05) is 18.1 Å². The van der Waals surface area contributed by atoms with Gasteiger partial charge in [-0.05, 0) is 42.8 Å². The number of carbonyl (C=O) groups is 1. The first-order valence-corrected chi connectivity index (χ1v) is 11.4. The van der Waals surface area contributed by atoms with Crippen LogP contribution in [0.1, 0.15) is 25.5 Å². The average Bonchev–Trinajstić information content (AvgIpc) is 3.36. The van der Waals surface area contributed by atoms with Crippen LogP contribution in [0, 0.1) is 0 Å². The number of unbranched alkanes of at least 4 members (excludes halogenated alkanes) is 1. The number of benzene rings is 1. The number of carbonyl (C=O) groups excluding carboxylic acids is 1. The van der Waals surface area contributed by atoms with E-state index >= 15 is 0 Å². The number of nitrogens with zero attached hydrogens (tertiary/aromatic N) is 3. The molecule has 0 unspecified atom stereocenters. The summed E-state index contributed by atoms with van der Waals surface area (Å²) >= 11 is 6.24. The molecule has 3 heterocycles. The molecule has 1 aromatic carbocycles. The highest BCUT2D eigenvalue weighted by atomic mass is 35.5. The number of hydrogen-bond donors (Lipinski definition) is 2. The summed E-state index contributed by atoms with van der Waals surface area (Å²) in [5, 5.41) is 1.18. The Hall–Kier alpha value is -4.05. The Morgan fingerprint density at radius 2 is 2.09 bits per heavy atom. The molecule has 0 aliphatic rings. The fourth-order valence-corrected chi connectivity index (χ4v) is 3.89. The van der Waals surface area contributed by atoms with Gasteiger partial charge in [-0.25, -0.2) is 4.79 Å². The molecule has 182 valence electrons. The molecule has 0 aliphatic carbocycles. The molecule has 3 aromatic heterocycles.